The van der Waals surface area contributed by atoms with E-state index in [1.807, 2.05) is 30.3 Å². The quantitative estimate of drug-likeness (QED) is 0.536. The predicted octanol–water partition coefficient (Wildman–Crippen LogP) is 3.92. The molecule has 0 radical (unpaired) electrons. The Bertz CT molecular complexity index is 764. The molecule has 21 heavy (non-hydrogen) atoms. The van der Waals surface area contributed by atoms with Crippen LogP contribution in [0.3, 0.4) is 0 Å². The number of hydrogen-bond donors (Lipinski definition) is 0. The van der Waals surface area contributed by atoms with Crippen molar-refractivity contribution in [3.05, 3.63) is 77.7 Å². The van der Waals surface area contributed by atoms with Gasteiger partial charge in [-0.15, -0.1) is 0 Å². The SMILES string of the molecule is Fc1ccc(C=NOCc2cccc3cccnc23)cc1. The predicted molar refractivity (Wildman–Crippen MR) is 80.5 cm³/mol. The second kappa shape index (κ2) is 6.13. The van der Waals surface area contributed by atoms with Gasteiger partial charge in [0.25, 0.3) is 0 Å². The lowest BCUT2D eigenvalue weighted by atomic mass is 10.1. The van der Waals surface area contributed by atoms with Gasteiger partial charge in [0.15, 0.2) is 0 Å². The van der Waals surface area contributed by atoms with E-state index in [0.29, 0.717) is 6.61 Å². The van der Waals surface area contributed by atoms with Crippen molar-refractivity contribution in [1.29, 1.82) is 0 Å². The van der Waals surface area contributed by atoms with Crippen LogP contribution in [0.5, 0.6) is 0 Å². The minimum atomic E-state index is -0.269. The average molecular weight is 280 g/mol. The molecule has 0 aliphatic carbocycles. The first-order valence-electron chi connectivity index (χ1n) is 6.56. The van der Waals surface area contributed by atoms with Crippen LogP contribution < -0.4 is 0 Å². The van der Waals surface area contributed by atoms with Crippen molar-refractivity contribution in [3.63, 3.8) is 0 Å². The van der Waals surface area contributed by atoms with Gasteiger partial charge in [-0.2, -0.15) is 0 Å². The van der Waals surface area contributed by atoms with E-state index in [-0.39, 0.29) is 5.82 Å². The zero-order valence-corrected chi connectivity index (χ0v) is 11.2. The molecular weight excluding hydrogens is 267 g/mol. The summed E-state index contributed by atoms with van der Waals surface area (Å²) in [6.45, 7) is 0.339. The molecule has 0 bridgehead atoms. The number of aromatic nitrogens is 1. The maximum Gasteiger partial charge on any atom is 0.144 e. The standard InChI is InChI=1S/C17H13FN2O/c18-16-8-6-13(7-9-16)11-20-21-12-15-4-1-3-14-5-2-10-19-17(14)15/h1-11H,12H2. The van der Waals surface area contributed by atoms with Gasteiger partial charge in [-0.25, -0.2) is 4.39 Å². The van der Waals surface area contributed by atoms with E-state index >= 15 is 0 Å². The van der Waals surface area contributed by atoms with Crippen LogP contribution in [0.15, 0.2) is 65.9 Å². The molecule has 0 fully saturated rings. The third-order valence-corrected chi connectivity index (χ3v) is 3.08. The summed E-state index contributed by atoms with van der Waals surface area (Å²) >= 11 is 0. The van der Waals surface area contributed by atoms with Crippen LogP contribution in [0.2, 0.25) is 0 Å². The number of halogens is 1. The first kappa shape index (κ1) is 13.2. The van der Waals surface area contributed by atoms with Crippen molar-refractivity contribution in [2.45, 2.75) is 6.61 Å². The Balaban J connectivity index is 1.68. The van der Waals surface area contributed by atoms with Gasteiger partial charge in [-0.1, -0.05) is 41.6 Å². The molecule has 0 atom stereocenters. The number of benzene rings is 2. The van der Waals surface area contributed by atoms with E-state index in [9.17, 15) is 4.39 Å². The molecule has 0 saturated carbocycles. The average Bonchev–Trinajstić information content (AvgIpc) is 2.53. The number of pyridine rings is 1. The monoisotopic (exact) mass is 280 g/mol. The molecule has 0 aliphatic rings. The third kappa shape index (κ3) is 3.23. The molecule has 4 heteroatoms. The van der Waals surface area contributed by atoms with Crippen LogP contribution in [0.25, 0.3) is 10.9 Å². The van der Waals surface area contributed by atoms with Crippen molar-refractivity contribution < 1.29 is 9.23 Å². The van der Waals surface area contributed by atoms with Gasteiger partial charge in [0, 0.05) is 17.1 Å². The molecule has 1 aromatic heterocycles. The topological polar surface area (TPSA) is 34.5 Å². The van der Waals surface area contributed by atoms with Gasteiger partial charge < -0.3 is 4.84 Å². The zero-order chi connectivity index (χ0) is 14.5. The summed E-state index contributed by atoms with van der Waals surface area (Å²) in [7, 11) is 0. The van der Waals surface area contributed by atoms with E-state index in [1.54, 1.807) is 24.5 Å². The third-order valence-electron chi connectivity index (χ3n) is 3.08. The summed E-state index contributed by atoms with van der Waals surface area (Å²) in [5.74, 6) is -0.269. The van der Waals surface area contributed by atoms with E-state index < -0.39 is 0 Å². The molecule has 2 aromatic carbocycles. The highest BCUT2D eigenvalue weighted by Gasteiger charge is 2.01. The molecule has 0 saturated heterocycles. The summed E-state index contributed by atoms with van der Waals surface area (Å²) < 4.78 is 12.8. The van der Waals surface area contributed by atoms with E-state index in [0.717, 1.165) is 22.0 Å². The Morgan fingerprint density at radius 1 is 1.05 bits per heavy atom. The Hall–Kier alpha value is -2.75. The molecular formula is C17H13FN2O. The maximum absolute atomic E-state index is 12.8. The highest BCUT2D eigenvalue weighted by Crippen LogP contribution is 2.16. The van der Waals surface area contributed by atoms with E-state index in [2.05, 4.69) is 10.1 Å². The van der Waals surface area contributed by atoms with Crippen LogP contribution >= 0.6 is 0 Å². The van der Waals surface area contributed by atoms with Crippen molar-refractivity contribution in [2.24, 2.45) is 5.16 Å². The van der Waals surface area contributed by atoms with Gasteiger partial charge in [0.1, 0.15) is 12.4 Å². The van der Waals surface area contributed by atoms with Gasteiger partial charge in [0.2, 0.25) is 0 Å². The van der Waals surface area contributed by atoms with Gasteiger partial charge in [-0.3, -0.25) is 4.98 Å². The second-order valence-electron chi connectivity index (χ2n) is 4.55. The number of hydrogen-bond acceptors (Lipinski definition) is 3. The van der Waals surface area contributed by atoms with Crippen LogP contribution in [0.4, 0.5) is 4.39 Å². The fourth-order valence-corrected chi connectivity index (χ4v) is 2.04. The molecule has 3 aromatic rings. The lowest BCUT2D eigenvalue weighted by molar-refractivity contribution is 0.133. The molecule has 0 spiro atoms. The summed E-state index contributed by atoms with van der Waals surface area (Å²) in [5.41, 5.74) is 2.67. The van der Waals surface area contributed by atoms with Crippen LogP contribution in [-0.2, 0) is 11.4 Å². The lowest BCUT2D eigenvalue weighted by Crippen LogP contribution is -1.91. The highest BCUT2D eigenvalue weighted by atomic mass is 19.1. The number of oxime groups is 1. The molecule has 0 unspecified atom stereocenters. The summed E-state index contributed by atoms with van der Waals surface area (Å²) in [4.78, 5) is 9.65. The molecule has 0 amide bonds. The summed E-state index contributed by atoms with van der Waals surface area (Å²) in [5, 5.41) is 4.97. The van der Waals surface area contributed by atoms with Gasteiger partial charge in [-0.05, 0) is 23.8 Å². The molecule has 0 N–H and O–H groups in total. The molecule has 3 rings (SSSR count). The van der Waals surface area contributed by atoms with Crippen LogP contribution in [-0.4, -0.2) is 11.2 Å². The largest absolute Gasteiger partial charge is 0.391 e. The highest BCUT2D eigenvalue weighted by molar-refractivity contribution is 5.81. The van der Waals surface area contributed by atoms with Crippen LogP contribution in [0, 0.1) is 5.82 Å². The Morgan fingerprint density at radius 2 is 1.86 bits per heavy atom. The van der Waals surface area contributed by atoms with Crippen molar-refractivity contribution in [3.8, 4) is 0 Å². The number of nitrogens with zero attached hydrogens (tertiary/aromatic N) is 2. The number of para-hydroxylation sites is 1. The van der Waals surface area contributed by atoms with E-state index in [4.69, 9.17) is 4.84 Å². The summed E-state index contributed by atoms with van der Waals surface area (Å²) in [6.07, 6.45) is 3.31. The fraction of sp³-hybridized carbons (Fsp3) is 0.0588. The first-order valence-corrected chi connectivity index (χ1v) is 6.56. The minimum Gasteiger partial charge on any atom is -0.391 e. The second-order valence-corrected chi connectivity index (χ2v) is 4.55. The normalized spacial score (nSPS) is 11.1. The number of rotatable bonds is 4. The Morgan fingerprint density at radius 3 is 2.71 bits per heavy atom. The molecule has 104 valence electrons. The van der Waals surface area contributed by atoms with Gasteiger partial charge >= 0.3 is 0 Å². The zero-order valence-electron chi connectivity index (χ0n) is 11.2. The van der Waals surface area contributed by atoms with E-state index in [1.165, 1.54) is 12.1 Å². The molecule has 3 nitrogen and oxygen atoms in total. The van der Waals surface area contributed by atoms with Crippen LogP contribution in [0.1, 0.15) is 11.1 Å². The first-order chi connectivity index (χ1) is 10.3. The smallest absolute Gasteiger partial charge is 0.144 e. The molecule has 0 aliphatic heterocycles. The minimum absolute atomic E-state index is 0.269. The lowest BCUT2D eigenvalue weighted by Gasteiger charge is -2.04. The fourth-order valence-electron chi connectivity index (χ4n) is 2.04. The van der Waals surface area contributed by atoms with Crippen molar-refractivity contribution in [1.82, 2.24) is 4.98 Å². The Labute approximate surface area is 121 Å². The summed E-state index contributed by atoms with van der Waals surface area (Å²) in [6, 6.07) is 15.9. The number of fused-ring (bicyclic) bond motifs is 1. The maximum atomic E-state index is 12.8. The van der Waals surface area contributed by atoms with Gasteiger partial charge in [0.05, 0.1) is 11.7 Å². The van der Waals surface area contributed by atoms with Crippen molar-refractivity contribution >= 4 is 17.1 Å². The van der Waals surface area contributed by atoms with Crippen molar-refractivity contribution in [2.75, 3.05) is 0 Å². The Kier molecular flexibility index (Phi) is 3.87. The molecule has 1 heterocycles.